The van der Waals surface area contributed by atoms with Crippen LogP contribution in [0.25, 0.3) is 0 Å². The molecule has 1 heterocycles. The third-order valence-corrected chi connectivity index (χ3v) is 3.24. The molecule has 1 aromatic heterocycles. The highest BCUT2D eigenvalue weighted by Gasteiger charge is 2.12. The molecule has 19 heavy (non-hydrogen) atoms. The zero-order valence-electron chi connectivity index (χ0n) is 11.5. The Hall–Kier alpha value is -2.07. The zero-order chi connectivity index (χ0) is 14.0. The highest BCUT2D eigenvalue weighted by molar-refractivity contribution is 5.67. The van der Waals surface area contributed by atoms with Gasteiger partial charge in [-0.15, -0.1) is 0 Å². The highest BCUT2D eigenvalue weighted by Crippen LogP contribution is 2.29. The second-order valence-corrected chi connectivity index (χ2v) is 4.63. The van der Waals surface area contributed by atoms with Gasteiger partial charge in [0.15, 0.2) is 0 Å². The zero-order valence-corrected chi connectivity index (χ0v) is 11.5. The van der Waals surface area contributed by atoms with Gasteiger partial charge in [-0.05, 0) is 44.2 Å². The van der Waals surface area contributed by atoms with Crippen LogP contribution in [-0.2, 0) is 6.54 Å². The van der Waals surface area contributed by atoms with Crippen molar-refractivity contribution in [3.63, 3.8) is 0 Å². The molecule has 3 N–H and O–H groups in total. The van der Waals surface area contributed by atoms with Crippen molar-refractivity contribution in [2.45, 2.75) is 20.4 Å². The summed E-state index contributed by atoms with van der Waals surface area (Å²) in [6.45, 7) is 4.40. The number of aryl methyl sites for hydroxylation is 2. The standard InChI is InChI=1S/C15H19N3O/c1-10-8-15(14(9-16)11(2)17-10)18(3)12-4-6-13(19)7-5-12/h4-8,19H,9,16H2,1-3H3. The number of nitrogens with zero attached hydrogens (tertiary/aromatic N) is 2. The second-order valence-electron chi connectivity index (χ2n) is 4.63. The summed E-state index contributed by atoms with van der Waals surface area (Å²) >= 11 is 0. The van der Waals surface area contributed by atoms with Gasteiger partial charge in [0, 0.05) is 41.9 Å². The Morgan fingerprint density at radius 3 is 2.42 bits per heavy atom. The number of phenolic OH excluding ortho intramolecular Hbond substituents is 1. The van der Waals surface area contributed by atoms with Crippen molar-refractivity contribution in [1.29, 1.82) is 0 Å². The SMILES string of the molecule is Cc1cc(N(C)c2ccc(O)cc2)c(CN)c(C)n1. The maximum absolute atomic E-state index is 9.35. The van der Waals surface area contributed by atoms with Gasteiger partial charge in [-0.2, -0.15) is 0 Å². The van der Waals surface area contributed by atoms with Crippen LogP contribution in [0, 0.1) is 13.8 Å². The smallest absolute Gasteiger partial charge is 0.115 e. The Morgan fingerprint density at radius 1 is 1.21 bits per heavy atom. The van der Waals surface area contributed by atoms with Gasteiger partial charge in [-0.3, -0.25) is 4.98 Å². The minimum Gasteiger partial charge on any atom is -0.508 e. The molecular weight excluding hydrogens is 238 g/mol. The average molecular weight is 257 g/mol. The van der Waals surface area contributed by atoms with Crippen molar-refractivity contribution in [3.8, 4) is 5.75 Å². The molecule has 0 aliphatic rings. The molecule has 0 aliphatic heterocycles. The molecular formula is C15H19N3O. The van der Waals surface area contributed by atoms with Crippen LogP contribution < -0.4 is 10.6 Å². The fraction of sp³-hybridized carbons (Fsp3) is 0.267. The van der Waals surface area contributed by atoms with Crippen molar-refractivity contribution in [1.82, 2.24) is 4.98 Å². The van der Waals surface area contributed by atoms with Crippen LogP contribution in [0.1, 0.15) is 17.0 Å². The first-order valence-electron chi connectivity index (χ1n) is 6.23. The van der Waals surface area contributed by atoms with Crippen molar-refractivity contribution < 1.29 is 5.11 Å². The summed E-state index contributed by atoms with van der Waals surface area (Å²) in [6.07, 6.45) is 0. The quantitative estimate of drug-likeness (QED) is 0.887. The fourth-order valence-electron chi connectivity index (χ4n) is 2.20. The molecule has 0 bridgehead atoms. The van der Waals surface area contributed by atoms with Crippen LogP contribution in [0.15, 0.2) is 30.3 Å². The van der Waals surface area contributed by atoms with E-state index in [0.29, 0.717) is 6.54 Å². The predicted molar refractivity (Wildman–Crippen MR) is 77.8 cm³/mol. The summed E-state index contributed by atoms with van der Waals surface area (Å²) in [7, 11) is 1.99. The van der Waals surface area contributed by atoms with Crippen molar-refractivity contribution in [2.24, 2.45) is 5.73 Å². The Kier molecular flexibility index (Phi) is 3.71. The maximum atomic E-state index is 9.35. The summed E-state index contributed by atoms with van der Waals surface area (Å²) in [4.78, 5) is 6.51. The highest BCUT2D eigenvalue weighted by atomic mass is 16.3. The normalized spacial score (nSPS) is 10.5. The summed E-state index contributed by atoms with van der Waals surface area (Å²) < 4.78 is 0. The molecule has 0 radical (unpaired) electrons. The number of pyridine rings is 1. The molecule has 0 fully saturated rings. The van der Waals surface area contributed by atoms with Gasteiger partial charge in [-0.25, -0.2) is 0 Å². The van der Waals surface area contributed by atoms with Gasteiger partial charge < -0.3 is 15.7 Å². The van der Waals surface area contributed by atoms with Gasteiger partial charge in [0.25, 0.3) is 0 Å². The third kappa shape index (κ3) is 2.69. The van der Waals surface area contributed by atoms with Crippen LogP contribution in [0.2, 0.25) is 0 Å². The Balaban J connectivity index is 2.48. The van der Waals surface area contributed by atoms with Gasteiger partial charge >= 0.3 is 0 Å². The summed E-state index contributed by atoms with van der Waals surface area (Å²) in [5, 5.41) is 9.35. The number of hydrogen-bond donors (Lipinski definition) is 2. The van der Waals surface area contributed by atoms with Crippen LogP contribution in [0.4, 0.5) is 11.4 Å². The Morgan fingerprint density at radius 2 is 1.84 bits per heavy atom. The molecule has 100 valence electrons. The lowest BCUT2D eigenvalue weighted by Crippen LogP contribution is -2.15. The van der Waals surface area contributed by atoms with Crippen LogP contribution in [-0.4, -0.2) is 17.1 Å². The largest absolute Gasteiger partial charge is 0.508 e. The second kappa shape index (κ2) is 5.28. The number of anilines is 2. The van der Waals surface area contributed by atoms with Crippen molar-refractivity contribution in [2.75, 3.05) is 11.9 Å². The lowest BCUT2D eigenvalue weighted by atomic mass is 10.1. The van der Waals surface area contributed by atoms with E-state index < -0.39 is 0 Å². The summed E-state index contributed by atoms with van der Waals surface area (Å²) in [6, 6.07) is 9.13. The molecule has 0 atom stereocenters. The third-order valence-electron chi connectivity index (χ3n) is 3.24. The molecule has 0 saturated heterocycles. The Bertz CT molecular complexity index is 579. The molecule has 0 amide bonds. The lowest BCUT2D eigenvalue weighted by Gasteiger charge is -2.23. The number of phenols is 1. The van der Waals surface area contributed by atoms with Gasteiger partial charge in [0.05, 0.1) is 0 Å². The first-order valence-corrected chi connectivity index (χ1v) is 6.23. The molecule has 4 heteroatoms. The van der Waals surface area contributed by atoms with E-state index in [-0.39, 0.29) is 5.75 Å². The van der Waals surface area contributed by atoms with Crippen LogP contribution in [0.3, 0.4) is 0 Å². The number of nitrogens with two attached hydrogens (primary N) is 1. The number of rotatable bonds is 3. The topological polar surface area (TPSA) is 62.4 Å². The molecule has 0 aliphatic carbocycles. The number of hydrogen-bond acceptors (Lipinski definition) is 4. The molecule has 1 aromatic carbocycles. The van der Waals surface area contributed by atoms with Crippen molar-refractivity contribution in [3.05, 3.63) is 47.3 Å². The molecule has 0 spiro atoms. The first kappa shape index (κ1) is 13.4. The number of benzene rings is 1. The van der Waals surface area contributed by atoms with Crippen LogP contribution in [0.5, 0.6) is 5.75 Å². The predicted octanol–water partition coefficient (Wildman–Crippen LogP) is 2.63. The lowest BCUT2D eigenvalue weighted by molar-refractivity contribution is 0.475. The molecule has 4 nitrogen and oxygen atoms in total. The van der Waals surface area contributed by atoms with Gasteiger partial charge in [0.2, 0.25) is 0 Å². The van der Waals surface area contributed by atoms with Crippen LogP contribution >= 0.6 is 0 Å². The monoisotopic (exact) mass is 257 g/mol. The van der Waals surface area contributed by atoms with E-state index in [4.69, 9.17) is 5.73 Å². The van der Waals surface area contributed by atoms with E-state index >= 15 is 0 Å². The van der Waals surface area contributed by atoms with Crippen molar-refractivity contribution >= 4 is 11.4 Å². The number of aromatic hydroxyl groups is 1. The molecule has 0 saturated carbocycles. The molecule has 2 aromatic rings. The van der Waals surface area contributed by atoms with E-state index in [1.807, 2.05) is 39.1 Å². The first-order chi connectivity index (χ1) is 9.02. The van der Waals surface area contributed by atoms with Gasteiger partial charge in [-0.1, -0.05) is 0 Å². The van der Waals surface area contributed by atoms with E-state index in [2.05, 4.69) is 9.88 Å². The molecule has 0 unspecified atom stereocenters. The summed E-state index contributed by atoms with van der Waals surface area (Å²) in [5.41, 5.74) is 10.9. The van der Waals surface area contributed by atoms with E-state index in [1.54, 1.807) is 12.1 Å². The fourth-order valence-corrected chi connectivity index (χ4v) is 2.20. The number of aromatic nitrogens is 1. The maximum Gasteiger partial charge on any atom is 0.115 e. The minimum atomic E-state index is 0.262. The van der Waals surface area contributed by atoms with Gasteiger partial charge in [0.1, 0.15) is 5.75 Å². The van der Waals surface area contributed by atoms with E-state index in [0.717, 1.165) is 28.3 Å². The van der Waals surface area contributed by atoms with E-state index in [1.165, 1.54) is 0 Å². The molecule has 2 rings (SSSR count). The Labute approximate surface area is 113 Å². The summed E-state index contributed by atoms with van der Waals surface area (Å²) in [5.74, 6) is 0.262. The minimum absolute atomic E-state index is 0.262. The average Bonchev–Trinajstić information content (AvgIpc) is 2.38. The van der Waals surface area contributed by atoms with E-state index in [9.17, 15) is 5.11 Å².